The summed E-state index contributed by atoms with van der Waals surface area (Å²) >= 11 is 0. The van der Waals surface area contributed by atoms with Gasteiger partial charge in [0, 0.05) is 35.5 Å². The molecule has 0 bridgehead atoms. The predicted molar refractivity (Wildman–Crippen MR) is 164 cm³/mol. The molecule has 1 aliphatic carbocycles. The molecule has 2 aliphatic rings. The number of anilines is 1. The van der Waals surface area contributed by atoms with Crippen LogP contribution in [0.2, 0.25) is 0 Å². The Labute approximate surface area is 238 Å². The first kappa shape index (κ1) is 25.0. The first-order valence-electron chi connectivity index (χ1n) is 13.9. The number of imidazole rings is 1. The van der Waals surface area contributed by atoms with Crippen LogP contribution in [0.15, 0.2) is 85.6 Å². The first-order chi connectivity index (χ1) is 19.9. The maximum atomic E-state index is 12.4. The van der Waals surface area contributed by atoms with E-state index in [1.807, 2.05) is 50.6 Å². The number of carbonyl (C=O) groups is 1. The lowest BCUT2D eigenvalue weighted by atomic mass is 9.85. The van der Waals surface area contributed by atoms with Gasteiger partial charge in [0.05, 0.1) is 40.9 Å². The van der Waals surface area contributed by atoms with Gasteiger partial charge in [-0.1, -0.05) is 56.8 Å². The van der Waals surface area contributed by atoms with Crippen LogP contribution in [0.5, 0.6) is 0 Å². The van der Waals surface area contributed by atoms with Crippen LogP contribution in [-0.4, -0.2) is 31.9 Å². The lowest BCUT2D eigenvalue weighted by molar-refractivity contribution is -0.116. The molecular formula is C34H30N6O. The zero-order valence-electron chi connectivity index (χ0n) is 23.2. The Balaban J connectivity index is 1.31. The van der Waals surface area contributed by atoms with Gasteiger partial charge in [-0.2, -0.15) is 0 Å². The summed E-state index contributed by atoms with van der Waals surface area (Å²) < 4.78 is 0. The number of amides is 1. The van der Waals surface area contributed by atoms with Crippen molar-refractivity contribution in [2.75, 3.05) is 5.32 Å². The highest BCUT2D eigenvalue weighted by Gasteiger charge is 2.42. The number of nitrogens with one attached hydrogen (secondary N) is 3. The van der Waals surface area contributed by atoms with E-state index in [1.54, 1.807) is 6.20 Å². The van der Waals surface area contributed by atoms with Gasteiger partial charge < -0.3 is 15.6 Å². The van der Waals surface area contributed by atoms with Crippen molar-refractivity contribution in [3.05, 3.63) is 108 Å². The first-order valence-corrected chi connectivity index (χ1v) is 13.9. The Morgan fingerprint density at radius 3 is 2.61 bits per heavy atom. The van der Waals surface area contributed by atoms with E-state index in [9.17, 15) is 4.79 Å². The van der Waals surface area contributed by atoms with Crippen molar-refractivity contribution in [3.63, 3.8) is 0 Å². The molecule has 3 aromatic heterocycles. The number of H-pyrrole nitrogens is 1. The second-order valence-electron chi connectivity index (χ2n) is 11.2. The third kappa shape index (κ3) is 4.39. The number of carbonyl (C=O) groups excluding carboxylic acids is 1. The van der Waals surface area contributed by atoms with Gasteiger partial charge in [-0.15, -0.1) is 0 Å². The molecule has 0 radical (unpaired) electrons. The van der Waals surface area contributed by atoms with E-state index in [4.69, 9.17) is 4.98 Å². The van der Waals surface area contributed by atoms with Crippen LogP contribution in [-0.2, 0) is 4.79 Å². The molecule has 2 aromatic carbocycles. The van der Waals surface area contributed by atoms with Crippen LogP contribution in [0.3, 0.4) is 0 Å². The van der Waals surface area contributed by atoms with Gasteiger partial charge >= 0.3 is 0 Å². The second kappa shape index (κ2) is 9.55. The van der Waals surface area contributed by atoms with Gasteiger partial charge in [0.15, 0.2) is 0 Å². The minimum Gasteiger partial charge on any atom is -0.374 e. The van der Waals surface area contributed by atoms with E-state index in [0.29, 0.717) is 12.1 Å². The van der Waals surface area contributed by atoms with E-state index in [2.05, 4.69) is 69.4 Å². The molecule has 1 fully saturated rings. The lowest BCUT2D eigenvalue weighted by Gasteiger charge is -2.18. The van der Waals surface area contributed by atoms with Crippen LogP contribution in [0, 0.1) is 12.8 Å². The normalized spacial score (nSPS) is 15.5. The minimum absolute atomic E-state index is 0.0111. The van der Waals surface area contributed by atoms with Crippen molar-refractivity contribution in [3.8, 4) is 22.3 Å². The van der Waals surface area contributed by atoms with Crippen molar-refractivity contribution in [2.45, 2.75) is 33.2 Å². The Morgan fingerprint density at radius 1 is 0.951 bits per heavy atom. The van der Waals surface area contributed by atoms with Crippen LogP contribution in [0.1, 0.15) is 42.8 Å². The van der Waals surface area contributed by atoms with Crippen LogP contribution >= 0.6 is 0 Å². The number of benzene rings is 2. The fourth-order valence-corrected chi connectivity index (χ4v) is 5.73. The number of nitrogens with zero attached hydrogens (tertiary/aromatic N) is 3. The average molecular weight is 539 g/mol. The summed E-state index contributed by atoms with van der Waals surface area (Å²) in [5.74, 6) is 1.07. The van der Waals surface area contributed by atoms with E-state index >= 15 is 0 Å². The Bertz CT molecular complexity index is 1910. The molecule has 202 valence electrons. The van der Waals surface area contributed by atoms with E-state index in [-0.39, 0.29) is 17.9 Å². The predicted octanol–water partition coefficient (Wildman–Crippen LogP) is 6.74. The number of rotatable bonds is 6. The van der Waals surface area contributed by atoms with Crippen molar-refractivity contribution < 1.29 is 4.79 Å². The molecule has 0 spiro atoms. The highest BCUT2D eigenvalue weighted by molar-refractivity contribution is 6.01. The molecule has 7 rings (SSSR count). The second-order valence-corrected chi connectivity index (χ2v) is 11.2. The molecule has 1 amide bonds. The minimum atomic E-state index is -0.0111. The monoisotopic (exact) mass is 538 g/mol. The van der Waals surface area contributed by atoms with Gasteiger partial charge in [-0.3, -0.25) is 14.8 Å². The Hall–Kier alpha value is -5.04. The fraction of sp³-hybridized carbons (Fsp3) is 0.176. The quantitative estimate of drug-likeness (QED) is 0.208. The molecule has 1 saturated heterocycles. The Morgan fingerprint density at radius 2 is 1.78 bits per heavy atom. The molecule has 3 N–H and O–H groups in total. The topological polar surface area (TPSA) is 106 Å². The van der Waals surface area contributed by atoms with Crippen molar-refractivity contribution in [2.24, 2.45) is 5.92 Å². The molecule has 4 heterocycles. The maximum absolute atomic E-state index is 12.4. The summed E-state index contributed by atoms with van der Waals surface area (Å²) in [5, 5.41) is 6.51. The number of hydrogen-bond acceptors (Lipinski definition) is 5. The van der Waals surface area contributed by atoms with Gasteiger partial charge in [0.2, 0.25) is 5.91 Å². The van der Waals surface area contributed by atoms with Crippen LogP contribution in [0.25, 0.3) is 44.4 Å². The summed E-state index contributed by atoms with van der Waals surface area (Å²) in [6, 6.07) is 16.8. The zero-order chi connectivity index (χ0) is 28.2. The highest BCUT2D eigenvalue weighted by Crippen LogP contribution is 2.47. The SMILES string of the molecule is C=C1c2ccc(-c3cncc(NC(=O)CC(C)C)c3)cc2C(c2nc3c(-c4ccccc4C)cncc3[nH]2)=C2NC12. The number of aryl methyl sites for hydroxylation is 1. The van der Waals surface area contributed by atoms with Crippen molar-refractivity contribution in [1.82, 2.24) is 25.3 Å². The maximum Gasteiger partial charge on any atom is 0.224 e. The average Bonchev–Trinajstić information content (AvgIpc) is 3.63. The molecule has 41 heavy (non-hydrogen) atoms. The summed E-state index contributed by atoms with van der Waals surface area (Å²) in [4.78, 5) is 30.0. The van der Waals surface area contributed by atoms with Crippen LogP contribution in [0.4, 0.5) is 5.69 Å². The zero-order valence-corrected chi connectivity index (χ0v) is 23.2. The summed E-state index contributed by atoms with van der Waals surface area (Å²) in [6.07, 6.45) is 7.70. The number of pyridine rings is 2. The van der Waals surface area contributed by atoms with Gasteiger partial charge in [0.1, 0.15) is 5.82 Å². The third-order valence-electron chi connectivity index (χ3n) is 7.77. The van der Waals surface area contributed by atoms with E-state index in [1.165, 1.54) is 5.56 Å². The van der Waals surface area contributed by atoms with E-state index in [0.717, 1.165) is 67.1 Å². The van der Waals surface area contributed by atoms with Crippen molar-refractivity contribution >= 4 is 33.8 Å². The molecule has 1 unspecified atom stereocenters. The molecule has 0 saturated carbocycles. The molecular weight excluding hydrogens is 508 g/mol. The molecule has 7 heteroatoms. The number of aromatic amines is 1. The number of fused-ring (bicyclic) bond motifs is 3. The molecule has 1 atom stereocenters. The molecule has 7 nitrogen and oxygen atoms in total. The largest absolute Gasteiger partial charge is 0.374 e. The van der Waals surface area contributed by atoms with Crippen LogP contribution < -0.4 is 10.6 Å². The van der Waals surface area contributed by atoms with Gasteiger partial charge in [-0.25, -0.2) is 4.98 Å². The van der Waals surface area contributed by atoms with Gasteiger partial charge in [-0.05, 0) is 58.4 Å². The number of aromatic nitrogens is 4. The Kier molecular flexibility index (Phi) is 5.82. The third-order valence-corrected chi connectivity index (χ3v) is 7.77. The van der Waals surface area contributed by atoms with E-state index < -0.39 is 0 Å². The smallest absolute Gasteiger partial charge is 0.224 e. The summed E-state index contributed by atoms with van der Waals surface area (Å²) in [6.45, 7) is 10.6. The standard InChI is InChI=1S/C34H30N6O/c1-18(2)11-29(41)37-23-12-22(14-35-15-23)21-9-10-25-20(4)31-33(39-31)30(26(25)13-21)34-38-28-17-36-16-27(32(28)40-34)24-8-6-5-7-19(24)3/h5-10,12-18,31,39H,4,11H2,1-3H3,(H,37,41)(H,38,40). The summed E-state index contributed by atoms with van der Waals surface area (Å²) in [7, 11) is 0. The fourth-order valence-electron chi connectivity index (χ4n) is 5.73. The highest BCUT2D eigenvalue weighted by atomic mass is 16.1. The molecule has 1 aliphatic heterocycles. The summed E-state index contributed by atoms with van der Waals surface area (Å²) in [5.41, 5.74) is 13.1. The van der Waals surface area contributed by atoms with Crippen molar-refractivity contribution in [1.29, 1.82) is 0 Å². The lowest BCUT2D eigenvalue weighted by Crippen LogP contribution is -2.14. The number of hydrogen-bond donors (Lipinski definition) is 3. The molecule has 5 aromatic rings. The van der Waals surface area contributed by atoms with Gasteiger partial charge in [0.25, 0.3) is 0 Å².